The number of nitrogens with zero attached hydrogens (tertiary/aromatic N) is 1. The molecule has 0 aromatic heterocycles. The van der Waals surface area contributed by atoms with E-state index in [2.05, 4.69) is 5.32 Å². The molecule has 112 valence electrons. The zero-order valence-electron chi connectivity index (χ0n) is 11.8. The van der Waals surface area contributed by atoms with Gasteiger partial charge >= 0.3 is 0 Å². The maximum Gasteiger partial charge on any atom is 0.292 e. The van der Waals surface area contributed by atoms with Gasteiger partial charge in [-0.3, -0.25) is 10.1 Å². The fourth-order valence-corrected chi connectivity index (χ4v) is 1.58. The van der Waals surface area contributed by atoms with Crippen LogP contribution in [0.1, 0.15) is 6.42 Å². The number of nitrogens with one attached hydrogen (secondary N) is 1. The monoisotopic (exact) mass is 284 g/mol. The zero-order valence-corrected chi connectivity index (χ0v) is 11.8. The fourth-order valence-electron chi connectivity index (χ4n) is 1.58. The predicted octanol–water partition coefficient (Wildman–Crippen LogP) is 2.07. The molecule has 0 fully saturated rings. The van der Waals surface area contributed by atoms with Crippen LogP contribution in [0, 0.1) is 10.1 Å². The quantitative estimate of drug-likeness (QED) is 0.402. The van der Waals surface area contributed by atoms with E-state index in [1.165, 1.54) is 13.2 Å². The van der Waals surface area contributed by atoms with E-state index in [-0.39, 0.29) is 5.69 Å². The lowest BCUT2D eigenvalue weighted by Crippen LogP contribution is -2.09. The molecule has 7 nitrogen and oxygen atoms in total. The van der Waals surface area contributed by atoms with Gasteiger partial charge in [0.25, 0.3) is 5.69 Å². The van der Waals surface area contributed by atoms with Crippen LogP contribution in [-0.4, -0.2) is 45.5 Å². The van der Waals surface area contributed by atoms with Crippen molar-refractivity contribution in [2.24, 2.45) is 0 Å². The molecular formula is C13H20N2O5. The summed E-state index contributed by atoms with van der Waals surface area (Å²) < 4.78 is 15.2. The summed E-state index contributed by atoms with van der Waals surface area (Å²) in [4.78, 5) is 10.5. The van der Waals surface area contributed by atoms with Crippen LogP contribution < -0.4 is 10.1 Å². The highest BCUT2D eigenvalue weighted by Gasteiger charge is 2.13. The van der Waals surface area contributed by atoms with Gasteiger partial charge in [-0.05, 0) is 12.5 Å². The van der Waals surface area contributed by atoms with Gasteiger partial charge in [-0.2, -0.15) is 0 Å². The van der Waals surface area contributed by atoms with Crippen molar-refractivity contribution in [1.82, 2.24) is 0 Å². The molecule has 1 rings (SSSR count). The highest BCUT2D eigenvalue weighted by Crippen LogP contribution is 2.28. The minimum atomic E-state index is -0.420. The molecule has 0 bridgehead atoms. The number of nitro groups is 1. The first-order valence-corrected chi connectivity index (χ1v) is 6.32. The average Bonchev–Trinajstić information content (AvgIpc) is 2.45. The summed E-state index contributed by atoms with van der Waals surface area (Å²) in [7, 11) is 3.14. The van der Waals surface area contributed by atoms with E-state index >= 15 is 0 Å². The Hall–Kier alpha value is -1.86. The summed E-state index contributed by atoms with van der Waals surface area (Å²) in [6, 6.07) is 4.61. The van der Waals surface area contributed by atoms with Crippen LogP contribution in [0.15, 0.2) is 18.2 Å². The maximum atomic E-state index is 10.9. The Morgan fingerprint density at radius 3 is 2.70 bits per heavy atom. The Morgan fingerprint density at radius 1 is 1.25 bits per heavy atom. The van der Waals surface area contributed by atoms with E-state index in [1.807, 2.05) is 0 Å². The van der Waals surface area contributed by atoms with Crippen LogP contribution >= 0.6 is 0 Å². The molecule has 0 saturated carbocycles. The zero-order chi connectivity index (χ0) is 14.8. The molecule has 0 atom stereocenters. The molecule has 0 amide bonds. The van der Waals surface area contributed by atoms with Crippen molar-refractivity contribution in [2.75, 3.05) is 45.9 Å². The number of benzene rings is 1. The largest absolute Gasteiger partial charge is 0.497 e. The van der Waals surface area contributed by atoms with Crippen LogP contribution in [0.4, 0.5) is 11.4 Å². The number of anilines is 1. The number of methoxy groups -OCH3 is 2. The first-order valence-electron chi connectivity index (χ1n) is 6.32. The second kappa shape index (κ2) is 9.11. The topological polar surface area (TPSA) is 82.9 Å². The van der Waals surface area contributed by atoms with Gasteiger partial charge in [0.2, 0.25) is 0 Å². The Kier molecular flexibility index (Phi) is 7.38. The molecule has 0 spiro atoms. The molecule has 0 aliphatic carbocycles. The Labute approximate surface area is 118 Å². The third kappa shape index (κ3) is 5.41. The number of nitro benzene ring substituents is 1. The first-order chi connectivity index (χ1) is 9.69. The van der Waals surface area contributed by atoms with Gasteiger partial charge in [0.1, 0.15) is 11.4 Å². The molecule has 7 heteroatoms. The lowest BCUT2D eigenvalue weighted by molar-refractivity contribution is -0.384. The Morgan fingerprint density at radius 2 is 2.05 bits per heavy atom. The maximum absolute atomic E-state index is 10.9. The Bertz CT molecular complexity index is 425. The standard InChI is InChI=1S/C13H20N2O5/c1-18-8-9-20-7-3-6-14-12-10-11(19-2)4-5-13(12)15(16)17/h4-5,10,14H,3,6-9H2,1-2H3. The van der Waals surface area contributed by atoms with Crippen molar-refractivity contribution < 1.29 is 19.1 Å². The minimum Gasteiger partial charge on any atom is -0.497 e. The molecule has 20 heavy (non-hydrogen) atoms. The van der Waals surface area contributed by atoms with Gasteiger partial charge in [0.05, 0.1) is 25.2 Å². The summed E-state index contributed by atoms with van der Waals surface area (Å²) in [6.45, 7) is 2.28. The highest BCUT2D eigenvalue weighted by atomic mass is 16.6. The van der Waals surface area contributed by atoms with E-state index in [0.717, 1.165) is 6.42 Å². The van der Waals surface area contributed by atoms with E-state index in [4.69, 9.17) is 14.2 Å². The van der Waals surface area contributed by atoms with Crippen LogP contribution in [0.3, 0.4) is 0 Å². The summed E-state index contributed by atoms with van der Waals surface area (Å²) in [5.74, 6) is 0.578. The van der Waals surface area contributed by atoms with Crippen molar-refractivity contribution in [3.63, 3.8) is 0 Å². The van der Waals surface area contributed by atoms with Crippen molar-refractivity contribution in [1.29, 1.82) is 0 Å². The molecule has 0 heterocycles. The molecule has 0 unspecified atom stereocenters. The summed E-state index contributed by atoms with van der Waals surface area (Å²) in [5.41, 5.74) is 0.484. The normalized spacial score (nSPS) is 10.3. The van der Waals surface area contributed by atoms with Gasteiger partial charge in [0.15, 0.2) is 0 Å². The van der Waals surface area contributed by atoms with E-state index in [1.54, 1.807) is 19.2 Å². The van der Waals surface area contributed by atoms with E-state index < -0.39 is 4.92 Å². The number of ether oxygens (including phenoxy) is 3. The molecule has 0 saturated heterocycles. The molecule has 1 aromatic rings. The van der Waals surface area contributed by atoms with Gasteiger partial charge in [0, 0.05) is 32.4 Å². The van der Waals surface area contributed by atoms with Crippen molar-refractivity contribution in [2.45, 2.75) is 6.42 Å². The molecule has 0 aliphatic heterocycles. The van der Waals surface area contributed by atoms with Gasteiger partial charge < -0.3 is 19.5 Å². The second-order valence-electron chi connectivity index (χ2n) is 4.03. The molecule has 1 N–H and O–H groups in total. The molecule has 0 radical (unpaired) electrons. The molecular weight excluding hydrogens is 264 g/mol. The number of rotatable bonds is 10. The smallest absolute Gasteiger partial charge is 0.292 e. The molecule has 1 aromatic carbocycles. The summed E-state index contributed by atoms with van der Waals surface area (Å²) in [5, 5.41) is 13.9. The first kappa shape index (κ1) is 16.2. The lowest BCUT2D eigenvalue weighted by atomic mass is 10.2. The third-order valence-corrected chi connectivity index (χ3v) is 2.61. The van der Waals surface area contributed by atoms with Crippen LogP contribution in [-0.2, 0) is 9.47 Å². The molecule has 0 aliphatic rings. The predicted molar refractivity (Wildman–Crippen MR) is 75.5 cm³/mol. The van der Waals surface area contributed by atoms with E-state index in [9.17, 15) is 10.1 Å². The summed E-state index contributed by atoms with van der Waals surface area (Å²) in [6.07, 6.45) is 0.748. The number of hydrogen-bond acceptors (Lipinski definition) is 6. The van der Waals surface area contributed by atoms with Crippen molar-refractivity contribution in [3.8, 4) is 5.75 Å². The van der Waals surface area contributed by atoms with Crippen LogP contribution in [0.25, 0.3) is 0 Å². The second-order valence-corrected chi connectivity index (χ2v) is 4.03. The van der Waals surface area contributed by atoms with Gasteiger partial charge in [-0.1, -0.05) is 0 Å². The van der Waals surface area contributed by atoms with Gasteiger partial charge in [-0.25, -0.2) is 0 Å². The van der Waals surface area contributed by atoms with E-state index in [0.29, 0.717) is 37.8 Å². The highest BCUT2D eigenvalue weighted by molar-refractivity contribution is 5.64. The van der Waals surface area contributed by atoms with Crippen molar-refractivity contribution in [3.05, 3.63) is 28.3 Å². The average molecular weight is 284 g/mol. The minimum absolute atomic E-state index is 0.0334. The SMILES string of the molecule is COCCOCCCNc1cc(OC)ccc1[N+](=O)[O-]. The van der Waals surface area contributed by atoms with Crippen LogP contribution in [0.2, 0.25) is 0 Å². The fraction of sp³-hybridized carbons (Fsp3) is 0.538. The van der Waals surface area contributed by atoms with Gasteiger partial charge in [-0.15, -0.1) is 0 Å². The van der Waals surface area contributed by atoms with Crippen molar-refractivity contribution >= 4 is 11.4 Å². The van der Waals surface area contributed by atoms with Crippen LogP contribution in [0.5, 0.6) is 5.75 Å². The third-order valence-electron chi connectivity index (χ3n) is 2.61. The Balaban J connectivity index is 2.43. The summed E-state index contributed by atoms with van der Waals surface area (Å²) >= 11 is 0. The number of hydrogen-bond donors (Lipinski definition) is 1. The lowest BCUT2D eigenvalue weighted by Gasteiger charge is -2.09.